The second-order valence-corrected chi connectivity index (χ2v) is 9.42. The number of pyridine rings is 1. The van der Waals surface area contributed by atoms with Gasteiger partial charge in [-0.3, -0.25) is 19.6 Å². The first-order valence-electron chi connectivity index (χ1n) is 12.3. The fourth-order valence-electron chi connectivity index (χ4n) is 5.36. The van der Waals surface area contributed by atoms with Gasteiger partial charge in [-0.25, -0.2) is 0 Å². The summed E-state index contributed by atoms with van der Waals surface area (Å²) in [6.45, 7) is 7.62. The first-order valence-corrected chi connectivity index (χ1v) is 12.3. The van der Waals surface area contributed by atoms with Gasteiger partial charge >= 0.3 is 5.97 Å². The van der Waals surface area contributed by atoms with Crippen LogP contribution in [-0.4, -0.2) is 64.1 Å². The van der Waals surface area contributed by atoms with Crippen molar-refractivity contribution < 1.29 is 14.6 Å². The maximum atomic E-state index is 12.8. The summed E-state index contributed by atoms with van der Waals surface area (Å²) in [6.07, 6.45) is 1.86. The number of carboxylic acids is 1. The molecular weight excluding hydrogens is 452 g/mol. The van der Waals surface area contributed by atoms with E-state index in [0.717, 1.165) is 69.9 Å². The molecule has 1 fully saturated rings. The molecule has 2 aromatic carbocycles. The third kappa shape index (κ3) is 4.47. The molecule has 0 saturated carbocycles. The first-order chi connectivity index (χ1) is 17.5. The van der Waals surface area contributed by atoms with Crippen LogP contribution in [0.1, 0.15) is 28.4 Å². The number of carboxylic acid groups (broad SMARTS) is 1. The highest BCUT2D eigenvalue weighted by Crippen LogP contribution is 2.38. The molecule has 36 heavy (non-hydrogen) atoms. The van der Waals surface area contributed by atoms with Gasteiger partial charge in [0.15, 0.2) is 0 Å². The number of piperazine rings is 1. The molecule has 2 N–H and O–H groups in total. The van der Waals surface area contributed by atoms with Crippen molar-refractivity contribution in [1.29, 1.82) is 0 Å². The van der Waals surface area contributed by atoms with Gasteiger partial charge in [-0.1, -0.05) is 48.5 Å². The molecular formula is C29H32N4O3. The maximum Gasteiger partial charge on any atom is 0.325 e. The van der Waals surface area contributed by atoms with Crippen molar-refractivity contribution in [3.05, 3.63) is 83.2 Å². The molecule has 1 aliphatic heterocycles. The fourth-order valence-corrected chi connectivity index (χ4v) is 5.36. The molecule has 7 heteroatoms. The van der Waals surface area contributed by atoms with Gasteiger partial charge in [0, 0.05) is 66.5 Å². The zero-order valence-corrected chi connectivity index (χ0v) is 21.0. The third-order valence-corrected chi connectivity index (χ3v) is 7.21. The molecule has 4 aromatic rings. The number of aromatic amines is 1. The average Bonchev–Trinajstić information content (AvgIpc) is 3.27. The average molecular weight is 485 g/mol. The van der Waals surface area contributed by atoms with Crippen molar-refractivity contribution in [3.8, 4) is 17.0 Å². The van der Waals surface area contributed by atoms with Crippen molar-refractivity contribution in [1.82, 2.24) is 19.8 Å². The van der Waals surface area contributed by atoms with Crippen LogP contribution in [0.2, 0.25) is 0 Å². The number of ether oxygens (including phenoxy) is 1. The minimum atomic E-state index is -0.828. The van der Waals surface area contributed by atoms with E-state index in [1.54, 1.807) is 7.11 Å². The minimum absolute atomic E-state index is 0.659. The molecule has 0 spiro atoms. The molecule has 0 bridgehead atoms. The SMILES string of the molecule is COc1c(C)cnc(CN2CCN(C(C(=O)O)c3c(-c4ccccc4)[nH]c4ccccc34)CC2)c1C. The summed E-state index contributed by atoms with van der Waals surface area (Å²) in [7, 11) is 1.69. The summed E-state index contributed by atoms with van der Waals surface area (Å²) in [5.74, 6) is 0.0588. The zero-order valence-electron chi connectivity index (χ0n) is 21.0. The molecule has 186 valence electrons. The Bertz CT molecular complexity index is 1370. The number of methoxy groups -OCH3 is 1. The summed E-state index contributed by atoms with van der Waals surface area (Å²) in [4.78, 5) is 25.3. The van der Waals surface area contributed by atoms with Crippen molar-refractivity contribution >= 4 is 16.9 Å². The fraction of sp³-hybridized carbons (Fsp3) is 0.310. The van der Waals surface area contributed by atoms with Gasteiger partial charge in [-0.2, -0.15) is 0 Å². The van der Waals surface area contributed by atoms with Crippen molar-refractivity contribution in [2.24, 2.45) is 0 Å². The molecule has 5 rings (SSSR count). The van der Waals surface area contributed by atoms with E-state index in [2.05, 4.69) is 19.8 Å². The number of H-pyrrole nitrogens is 1. The predicted molar refractivity (Wildman–Crippen MR) is 141 cm³/mol. The van der Waals surface area contributed by atoms with Crippen LogP contribution >= 0.6 is 0 Å². The number of hydrogen-bond donors (Lipinski definition) is 2. The molecule has 2 aromatic heterocycles. The van der Waals surface area contributed by atoms with E-state index in [1.807, 2.05) is 74.6 Å². The van der Waals surface area contributed by atoms with Crippen LogP contribution in [0.5, 0.6) is 5.75 Å². The Morgan fingerprint density at radius 2 is 1.75 bits per heavy atom. The third-order valence-electron chi connectivity index (χ3n) is 7.21. The lowest BCUT2D eigenvalue weighted by atomic mass is 9.97. The summed E-state index contributed by atoms with van der Waals surface area (Å²) in [6, 6.07) is 17.2. The van der Waals surface area contributed by atoms with E-state index >= 15 is 0 Å². The smallest absolute Gasteiger partial charge is 0.325 e. The van der Waals surface area contributed by atoms with Crippen LogP contribution < -0.4 is 4.74 Å². The molecule has 3 heterocycles. The van der Waals surface area contributed by atoms with E-state index in [1.165, 1.54) is 0 Å². The van der Waals surface area contributed by atoms with Crippen LogP contribution in [0.4, 0.5) is 0 Å². The number of hydrogen-bond acceptors (Lipinski definition) is 5. The van der Waals surface area contributed by atoms with Gasteiger partial charge < -0.3 is 14.8 Å². The Balaban J connectivity index is 1.41. The predicted octanol–water partition coefficient (Wildman–Crippen LogP) is 4.80. The second-order valence-electron chi connectivity index (χ2n) is 9.42. The van der Waals surface area contributed by atoms with E-state index in [4.69, 9.17) is 4.74 Å². The van der Waals surface area contributed by atoms with Gasteiger partial charge in [0.05, 0.1) is 18.5 Å². The Morgan fingerprint density at radius 3 is 2.44 bits per heavy atom. The van der Waals surface area contributed by atoms with Gasteiger partial charge in [0.2, 0.25) is 0 Å². The highest BCUT2D eigenvalue weighted by atomic mass is 16.5. The molecule has 1 unspecified atom stereocenters. The van der Waals surface area contributed by atoms with E-state index in [9.17, 15) is 9.90 Å². The highest BCUT2D eigenvalue weighted by molar-refractivity contribution is 5.95. The first kappa shape index (κ1) is 24.0. The standard InChI is InChI=1S/C29H32N4O3/c1-19-17-30-24(20(2)28(19)36-3)18-32-13-15-33(16-14-32)27(29(34)35)25-22-11-7-8-12-23(22)31-26(25)21-9-5-4-6-10-21/h4-12,17,27,31H,13-16,18H2,1-3H3,(H,34,35). The van der Waals surface area contributed by atoms with E-state index < -0.39 is 12.0 Å². The Hall–Kier alpha value is -3.68. The number of nitrogens with zero attached hydrogens (tertiary/aromatic N) is 3. The Labute approximate surface area is 211 Å². The van der Waals surface area contributed by atoms with E-state index in [-0.39, 0.29) is 0 Å². The number of aliphatic carboxylic acids is 1. The largest absolute Gasteiger partial charge is 0.496 e. The minimum Gasteiger partial charge on any atom is -0.496 e. The van der Waals surface area contributed by atoms with Gasteiger partial charge in [-0.05, 0) is 25.5 Å². The number of benzene rings is 2. The summed E-state index contributed by atoms with van der Waals surface area (Å²) in [5.41, 5.74) is 6.74. The molecule has 0 amide bonds. The second kappa shape index (κ2) is 10.1. The van der Waals surface area contributed by atoms with Gasteiger partial charge in [-0.15, -0.1) is 0 Å². The normalized spacial score (nSPS) is 15.8. The quantitative estimate of drug-likeness (QED) is 0.392. The lowest BCUT2D eigenvalue weighted by Gasteiger charge is -2.38. The highest BCUT2D eigenvalue weighted by Gasteiger charge is 2.34. The molecule has 1 aliphatic rings. The summed E-state index contributed by atoms with van der Waals surface area (Å²) in [5, 5.41) is 11.4. The van der Waals surface area contributed by atoms with E-state index in [0.29, 0.717) is 13.1 Å². The molecule has 1 saturated heterocycles. The number of para-hydroxylation sites is 1. The topological polar surface area (TPSA) is 81.7 Å². The molecule has 0 radical (unpaired) electrons. The van der Waals surface area contributed by atoms with Crippen LogP contribution in [-0.2, 0) is 11.3 Å². The summed E-state index contributed by atoms with van der Waals surface area (Å²) < 4.78 is 5.57. The maximum absolute atomic E-state index is 12.8. The number of aryl methyl sites for hydroxylation is 1. The van der Waals surface area contributed by atoms with Crippen molar-refractivity contribution in [2.45, 2.75) is 26.4 Å². The molecule has 7 nitrogen and oxygen atoms in total. The van der Waals surface area contributed by atoms with Crippen LogP contribution in [0.3, 0.4) is 0 Å². The Kier molecular flexibility index (Phi) is 6.76. The van der Waals surface area contributed by atoms with Crippen LogP contribution in [0, 0.1) is 13.8 Å². The number of rotatable bonds is 7. The number of fused-ring (bicyclic) bond motifs is 1. The molecule has 1 atom stereocenters. The lowest BCUT2D eigenvalue weighted by Crippen LogP contribution is -2.49. The van der Waals surface area contributed by atoms with Crippen molar-refractivity contribution in [3.63, 3.8) is 0 Å². The zero-order chi connectivity index (χ0) is 25.2. The number of nitrogens with one attached hydrogen (secondary N) is 1. The Morgan fingerprint density at radius 1 is 1.06 bits per heavy atom. The number of carbonyl (C=O) groups is 1. The van der Waals surface area contributed by atoms with Gasteiger partial charge in [0.1, 0.15) is 11.8 Å². The van der Waals surface area contributed by atoms with Crippen molar-refractivity contribution in [2.75, 3.05) is 33.3 Å². The monoisotopic (exact) mass is 484 g/mol. The number of aromatic nitrogens is 2. The van der Waals surface area contributed by atoms with Gasteiger partial charge in [0.25, 0.3) is 0 Å². The lowest BCUT2D eigenvalue weighted by molar-refractivity contribution is -0.144. The molecule has 0 aliphatic carbocycles. The van der Waals surface area contributed by atoms with Crippen LogP contribution in [0.25, 0.3) is 22.2 Å². The van der Waals surface area contributed by atoms with Crippen LogP contribution in [0.15, 0.2) is 60.8 Å². The summed E-state index contributed by atoms with van der Waals surface area (Å²) >= 11 is 0.